The molecule has 0 aliphatic heterocycles. The molecule has 0 N–H and O–H groups in total. The van der Waals surface area contributed by atoms with Gasteiger partial charge in [0.2, 0.25) is 0 Å². The molecule has 0 amide bonds. The van der Waals surface area contributed by atoms with Crippen LogP contribution in [0.3, 0.4) is 0 Å². The average Bonchev–Trinajstić information content (AvgIpc) is 2.29. The largest absolute Gasteiger partial charge is 0.0613 e. The van der Waals surface area contributed by atoms with Crippen LogP contribution >= 0.6 is 0 Å². The second-order valence-electron chi connectivity index (χ2n) is 5.74. The van der Waals surface area contributed by atoms with Gasteiger partial charge in [0.05, 0.1) is 0 Å². The van der Waals surface area contributed by atoms with E-state index in [1.807, 2.05) is 0 Å². The average molecular weight is 252 g/mol. The van der Waals surface area contributed by atoms with Crippen molar-refractivity contribution in [3.05, 3.63) is 57.6 Å². The maximum absolute atomic E-state index is 2.33. The summed E-state index contributed by atoms with van der Waals surface area (Å²) in [5.41, 5.74) is 11.2. The predicted octanol–water partition coefficient (Wildman–Crippen LogP) is 5.46. The third-order valence-corrected chi connectivity index (χ3v) is 3.87. The van der Waals surface area contributed by atoms with E-state index in [-0.39, 0.29) is 0 Å². The zero-order chi connectivity index (χ0) is 14.2. The first-order valence-corrected chi connectivity index (χ1v) is 7.12. The van der Waals surface area contributed by atoms with Crippen LogP contribution < -0.4 is 0 Å². The van der Waals surface area contributed by atoms with E-state index in [0.717, 1.165) is 6.42 Å². The van der Waals surface area contributed by atoms with Crippen LogP contribution in [0.5, 0.6) is 0 Å². The lowest BCUT2D eigenvalue weighted by Crippen LogP contribution is -1.98. The fourth-order valence-corrected chi connectivity index (χ4v) is 3.27. The van der Waals surface area contributed by atoms with Crippen LogP contribution in [-0.2, 0) is 6.42 Å². The molecule has 0 radical (unpaired) electrons. The number of aryl methyl sites for hydroxylation is 6. The van der Waals surface area contributed by atoms with Crippen molar-refractivity contribution in [2.24, 2.45) is 0 Å². The molecular formula is C19H24. The van der Waals surface area contributed by atoms with Crippen molar-refractivity contribution in [1.82, 2.24) is 0 Å². The Morgan fingerprint density at radius 2 is 1.05 bits per heavy atom. The lowest BCUT2D eigenvalue weighted by atomic mass is 9.86. The summed E-state index contributed by atoms with van der Waals surface area (Å²) < 4.78 is 0. The van der Waals surface area contributed by atoms with Crippen LogP contribution in [0.25, 0.3) is 11.1 Å². The molecule has 100 valence electrons. The van der Waals surface area contributed by atoms with Crippen molar-refractivity contribution in [2.75, 3.05) is 0 Å². The van der Waals surface area contributed by atoms with Crippen molar-refractivity contribution in [2.45, 2.75) is 48.0 Å². The second-order valence-corrected chi connectivity index (χ2v) is 5.74. The molecule has 0 heteroatoms. The Morgan fingerprint density at radius 3 is 1.53 bits per heavy atom. The molecule has 0 spiro atoms. The molecule has 0 aromatic heterocycles. The van der Waals surface area contributed by atoms with Crippen LogP contribution in [0.1, 0.15) is 40.3 Å². The Kier molecular flexibility index (Phi) is 3.80. The van der Waals surface area contributed by atoms with E-state index in [4.69, 9.17) is 0 Å². The van der Waals surface area contributed by atoms with Gasteiger partial charge >= 0.3 is 0 Å². The first-order chi connectivity index (χ1) is 8.93. The summed E-state index contributed by atoms with van der Waals surface area (Å²) in [5, 5.41) is 0. The fourth-order valence-electron chi connectivity index (χ4n) is 3.27. The van der Waals surface area contributed by atoms with Crippen LogP contribution in [-0.4, -0.2) is 0 Å². The maximum atomic E-state index is 2.33. The summed E-state index contributed by atoms with van der Waals surface area (Å²) in [4.78, 5) is 0. The zero-order valence-corrected chi connectivity index (χ0v) is 13.0. The van der Waals surface area contributed by atoms with Gasteiger partial charge in [0, 0.05) is 0 Å². The van der Waals surface area contributed by atoms with Crippen LogP contribution in [0.2, 0.25) is 0 Å². The SMILES string of the molecule is CCc1cc(C)cc(C)c1-c1c(C)cc(C)cc1C. The van der Waals surface area contributed by atoms with Gasteiger partial charge in [0.15, 0.2) is 0 Å². The van der Waals surface area contributed by atoms with Crippen LogP contribution in [0.4, 0.5) is 0 Å². The van der Waals surface area contributed by atoms with Crippen molar-refractivity contribution < 1.29 is 0 Å². The summed E-state index contributed by atoms with van der Waals surface area (Å²) in [7, 11) is 0. The van der Waals surface area contributed by atoms with Crippen molar-refractivity contribution in [3.8, 4) is 11.1 Å². The molecule has 2 aromatic carbocycles. The van der Waals surface area contributed by atoms with Crippen LogP contribution in [0, 0.1) is 34.6 Å². The van der Waals surface area contributed by atoms with E-state index in [2.05, 4.69) is 65.8 Å². The van der Waals surface area contributed by atoms with E-state index < -0.39 is 0 Å². The van der Waals surface area contributed by atoms with E-state index in [0.29, 0.717) is 0 Å². The number of hydrogen-bond acceptors (Lipinski definition) is 0. The minimum absolute atomic E-state index is 1.09. The number of hydrogen-bond donors (Lipinski definition) is 0. The molecule has 0 saturated heterocycles. The van der Waals surface area contributed by atoms with Gasteiger partial charge < -0.3 is 0 Å². The molecule has 0 aliphatic carbocycles. The Morgan fingerprint density at radius 1 is 0.632 bits per heavy atom. The molecule has 0 aliphatic rings. The highest BCUT2D eigenvalue weighted by atomic mass is 14.2. The monoisotopic (exact) mass is 252 g/mol. The number of benzene rings is 2. The second kappa shape index (κ2) is 5.21. The molecule has 0 fully saturated rings. The molecule has 0 saturated carbocycles. The molecule has 2 rings (SSSR count). The normalized spacial score (nSPS) is 10.8. The quantitative estimate of drug-likeness (QED) is 0.666. The molecule has 0 heterocycles. The molecule has 2 aromatic rings. The highest BCUT2D eigenvalue weighted by Gasteiger charge is 2.13. The summed E-state index contributed by atoms with van der Waals surface area (Å²) in [6.45, 7) is 13.3. The predicted molar refractivity (Wildman–Crippen MR) is 84.9 cm³/mol. The van der Waals surface area contributed by atoms with E-state index in [9.17, 15) is 0 Å². The first kappa shape index (κ1) is 13.9. The molecule has 19 heavy (non-hydrogen) atoms. The third-order valence-electron chi connectivity index (χ3n) is 3.87. The standard InChI is InChI=1S/C19H24/c1-7-17-11-13(3)10-16(6)19(17)18-14(4)8-12(2)9-15(18)5/h8-11H,7H2,1-6H3. The summed E-state index contributed by atoms with van der Waals surface area (Å²) in [6, 6.07) is 9.22. The van der Waals surface area contributed by atoms with Gasteiger partial charge in [-0.2, -0.15) is 0 Å². The van der Waals surface area contributed by atoms with E-state index in [1.54, 1.807) is 0 Å². The van der Waals surface area contributed by atoms with Crippen LogP contribution in [0.15, 0.2) is 24.3 Å². The molecule has 0 bridgehead atoms. The lowest BCUT2D eigenvalue weighted by molar-refractivity contribution is 1.12. The lowest BCUT2D eigenvalue weighted by Gasteiger charge is -2.18. The fraction of sp³-hybridized carbons (Fsp3) is 0.368. The van der Waals surface area contributed by atoms with E-state index in [1.165, 1.54) is 44.5 Å². The minimum Gasteiger partial charge on any atom is -0.0613 e. The number of rotatable bonds is 2. The maximum Gasteiger partial charge on any atom is -0.0117 e. The first-order valence-electron chi connectivity index (χ1n) is 7.12. The van der Waals surface area contributed by atoms with Crippen molar-refractivity contribution in [1.29, 1.82) is 0 Å². The van der Waals surface area contributed by atoms with Gasteiger partial charge in [0.1, 0.15) is 0 Å². The van der Waals surface area contributed by atoms with Gasteiger partial charge in [-0.15, -0.1) is 0 Å². The molecule has 0 nitrogen and oxygen atoms in total. The minimum atomic E-state index is 1.09. The van der Waals surface area contributed by atoms with Gasteiger partial charge in [-0.3, -0.25) is 0 Å². The summed E-state index contributed by atoms with van der Waals surface area (Å²) in [6.07, 6.45) is 1.09. The Bertz CT molecular complexity index is 595. The molecule has 0 atom stereocenters. The Labute approximate surface area is 117 Å². The Hall–Kier alpha value is -1.56. The van der Waals surface area contributed by atoms with Gasteiger partial charge in [0.25, 0.3) is 0 Å². The zero-order valence-electron chi connectivity index (χ0n) is 13.0. The highest BCUT2D eigenvalue weighted by Crippen LogP contribution is 2.34. The summed E-state index contributed by atoms with van der Waals surface area (Å²) in [5.74, 6) is 0. The molecular weight excluding hydrogens is 228 g/mol. The van der Waals surface area contributed by atoms with Crippen molar-refractivity contribution >= 4 is 0 Å². The highest BCUT2D eigenvalue weighted by molar-refractivity contribution is 5.77. The topological polar surface area (TPSA) is 0 Å². The summed E-state index contributed by atoms with van der Waals surface area (Å²) >= 11 is 0. The van der Waals surface area contributed by atoms with Gasteiger partial charge in [-0.05, 0) is 74.4 Å². The third kappa shape index (κ3) is 2.58. The van der Waals surface area contributed by atoms with E-state index >= 15 is 0 Å². The van der Waals surface area contributed by atoms with Gasteiger partial charge in [-0.25, -0.2) is 0 Å². The van der Waals surface area contributed by atoms with Crippen molar-refractivity contribution in [3.63, 3.8) is 0 Å². The van der Waals surface area contributed by atoms with Gasteiger partial charge in [-0.1, -0.05) is 42.3 Å². The molecule has 0 unspecified atom stereocenters. The Balaban J connectivity index is 2.79. The smallest absolute Gasteiger partial charge is 0.0117 e.